The smallest absolute Gasteiger partial charge is 1.00 e. The van der Waals surface area contributed by atoms with Crippen molar-refractivity contribution in [3.8, 4) is 0 Å². The molecule has 88 valence electrons. The van der Waals surface area contributed by atoms with Gasteiger partial charge in [-0.15, -0.1) is 0 Å². The summed E-state index contributed by atoms with van der Waals surface area (Å²) in [5.74, 6) is 0. The first-order valence-corrected chi connectivity index (χ1v) is 6.11. The van der Waals surface area contributed by atoms with Crippen molar-refractivity contribution in [1.29, 1.82) is 0 Å². The fraction of sp³-hybridized carbons (Fsp3) is 1.00. The van der Waals surface area contributed by atoms with Crippen LogP contribution in [-0.2, 0) is 29.2 Å². The SMILES string of the molecule is CC(CCOS(=O)(=O)O)OS(=O)(=O)O.[H-].[Li+]. The molecule has 1 unspecified atom stereocenters. The summed E-state index contributed by atoms with van der Waals surface area (Å²) in [6, 6.07) is 0. The molecule has 0 aromatic carbocycles. The van der Waals surface area contributed by atoms with E-state index in [0.29, 0.717) is 0 Å². The van der Waals surface area contributed by atoms with Crippen LogP contribution >= 0.6 is 0 Å². The molecule has 0 aromatic rings. The Labute approximate surface area is 102 Å². The van der Waals surface area contributed by atoms with Crippen LogP contribution < -0.4 is 18.9 Å². The van der Waals surface area contributed by atoms with Gasteiger partial charge in [0.15, 0.2) is 0 Å². The van der Waals surface area contributed by atoms with Gasteiger partial charge in [-0.1, -0.05) is 0 Å². The molecule has 0 aliphatic heterocycles. The predicted molar refractivity (Wildman–Crippen MR) is 45.3 cm³/mol. The second-order valence-electron chi connectivity index (χ2n) is 2.37. The van der Waals surface area contributed by atoms with Crippen molar-refractivity contribution >= 4 is 20.8 Å². The van der Waals surface area contributed by atoms with Gasteiger partial charge in [0.2, 0.25) is 0 Å². The van der Waals surface area contributed by atoms with Crippen molar-refractivity contribution in [1.82, 2.24) is 0 Å². The minimum Gasteiger partial charge on any atom is -1.00 e. The molecule has 0 heterocycles. The van der Waals surface area contributed by atoms with E-state index < -0.39 is 33.5 Å². The van der Waals surface area contributed by atoms with Crippen molar-refractivity contribution < 1.29 is 54.6 Å². The summed E-state index contributed by atoms with van der Waals surface area (Å²) in [4.78, 5) is 0. The standard InChI is InChI=1S/C4H10O8S2.Li.H/c1-4(12-14(8,9)10)2-3-11-13(5,6)7;;/h4H,2-3H2,1H3,(H,5,6,7)(H,8,9,10);;/q;+1;-1. The molecule has 0 spiro atoms. The topological polar surface area (TPSA) is 127 Å². The van der Waals surface area contributed by atoms with Crippen molar-refractivity contribution in [3.05, 3.63) is 0 Å². The van der Waals surface area contributed by atoms with E-state index in [4.69, 9.17) is 9.11 Å². The van der Waals surface area contributed by atoms with Crippen molar-refractivity contribution in [2.24, 2.45) is 0 Å². The molecule has 0 fully saturated rings. The number of hydrogen-bond acceptors (Lipinski definition) is 6. The van der Waals surface area contributed by atoms with Crippen molar-refractivity contribution in [2.45, 2.75) is 19.4 Å². The predicted octanol–water partition coefficient (Wildman–Crippen LogP) is -3.48. The summed E-state index contributed by atoms with van der Waals surface area (Å²) >= 11 is 0. The van der Waals surface area contributed by atoms with Crippen LogP contribution in [0.25, 0.3) is 0 Å². The molecule has 0 bridgehead atoms. The molecule has 0 aliphatic rings. The van der Waals surface area contributed by atoms with Crippen LogP contribution in [-0.4, -0.2) is 38.7 Å². The average Bonchev–Trinajstić information content (AvgIpc) is 1.78. The van der Waals surface area contributed by atoms with Crippen LogP contribution in [0.5, 0.6) is 0 Å². The first kappa shape index (κ1) is 17.7. The Kier molecular flexibility index (Phi) is 8.06. The zero-order valence-corrected chi connectivity index (χ0v) is 9.78. The van der Waals surface area contributed by atoms with Gasteiger partial charge in [-0.25, -0.2) is 8.37 Å². The van der Waals surface area contributed by atoms with Crippen LogP contribution in [0.3, 0.4) is 0 Å². The summed E-state index contributed by atoms with van der Waals surface area (Å²) in [6.07, 6.45) is -1.08. The van der Waals surface area contributed by atoms with Crippen LogP contribution in [0, 0.1) is 0 Å². The summed E-state index contributed by atoms with van der Waals surface area (Å²) < 4.78 is 64.5. The van der Waals surface area contributed by atoms with E-state index in [-0.39, 0.29) is 26.7 Å². The van der Waals surface area contributed by atoms with E-state index in [2.05, 4.69) is 8.37 Å². The molecule has 0 aromatic heterocycles. The van der Waals surface area contributed by atoms with E-state index >= 15 is 0 Å². The Morgan fingerprint density at radius 3 is 2.00 bits per heavy atom. The third kappa shape index (κ3) is 14.3. The first-order chi connectivity index (χ1) is 6.10. The molecule has 0 aliphatic carbocycles. The Balaban J connectivity index is -0.000000845. The Bertz CT molecular complexity index is 363. The van der Waals surface area contributed by atoms with E-state index in [9.17, 15) is 16.8 Å². The third-order valence-electron chi connectivity index (χ3n) is 1.04. The molecule has 0 rings (SSSR count). The van der Waals surface area contributed by atoms with Gasteiger partial charge in [-0.2, -0.15) is 16.8 Å². The molecule has 8 nitrogen and oxygen atoms in total. The van der Waals surface area contributed by atoms with Gasteiger partial charge in [0.1, 0.15) is 0 Å². The molecule has 1 atom stereocenters. The maximum atomic E-state index is 10.1. The van der Waals surface area contributed by atoms with Gasteiger partial charge in [-0.05, 0) is 13.3 Å². The second-order valence-corrected chi connectivity index (χ2v) is 4.51. The Morgan fingerprint density at radius 1 is 1.20 bits per heavy atom. The molecule has 11 heteroatoms. The van der Waals surface area contributed by atoms with Crippen molar-refractivity contribution in [3.63, 3.8) is 0 Å². The van der Waals surface area contributed by atoms with Crippen molar-refractivity contribution in [2.75, 3.05) is 6.61 Å². The molecular formula is C4H11LiO8S2. The van der Waals surface area contributed by atoms with Gasteiger partial charge in [-0.3, -0.25) is 9.11 Å². The zero-order chi connectivity index (χ0) is 11.4. The van der Waals surface area contributed by atoms with Gasteiger partial charge in [0.25, 0.3) is 0 Å². The maximum absolute atomic E-state index is 10.1. The van der Waals surface area contributed by atoms with Gasteiger partial charge >= 0.3 is 39.7 Å². The fourth-order valence-electron chi connectivity index (χ4n) is 0.575. The van der Waals surface area contributed by atoms with Crippen LogP contribution in [0.4, 0.5) is 0 Å². The molecule has 0 amide bonds. The van der Waals surface area contributed by atoms with E-state index in [1.54, 1.807) is 0 Å². The maximum Gasteiger partial charge on any atom is 1.00 e. The van der Waals surface area contributed by atoms with E-state index in [1.165, 1.54) is 6.92 Å². The summed E-state index contributed by atoms with van der Waals surface area (Å²) in [5.41, 5.74) is 0. The monoisotopic (exact) mass is 258 g/mol. The number of rotatable bonds is 6. The molecule has 2 N–H and O–H groups in total. The minimum absolute atomic E-state index is 0. The molecule has 0 saturated carbocycles. The van der Waals surface area contributed by atoms with E-state index in [1.807, 2.05) is 0 Å². The van der Waals surface area contributed by atoms with Crippen LogP contribution in [0.2, 0.25) is 0 Å². The normalized spacial score (nSPS) is 14.3. The van der Waals surface area contributed by atoms with Crippen LogP contribution in [0.1, 0.15) is 14.8 Å². The van der Waals surface area contributed by atoms with Gasteiger partial charge in [0.05, 0.1) is 12.7 Å². The van der Waals surface area contributed by atoms with Crippen LogP contribution in [0.15, 0.2) is 0 Å². The molecular weight excluding hydrogens is 247 g/mol. The largest absolute Gasteiger partial charge is 1.00 e. The van der Waals surface area contributed by atoms with Gasteiger partial charge < -0.3 is 1.43 Å². The molecule has 0 radical (unpaired) electrons. The number of hydrogen-bond donors (Lipinski definition) is 2. The summed E-state index contributed by atoms with van der Waals surface area (Å²) in [7, 11) is -9.09. The minimum atomic E-state index is -4.56. The quantitative estimate of drug-likeness (QED) is 0.371. The fourth-order valence-corrected chi connectivity index (χ4v) is 1.39. The molecule has 15 heavy (non-hydrogen) atoms. The molecule has 0 saturated heterocycles. The van der Waals surface area contributed by atoms with Gasteiger partial charge in [0, 0.05) is 0 Å². The Hall–Kier alpha value is 0.337. The Morgan fingerprint density at radius 2 is 1.67 bits per heavy atom. The second kappa shape index (κ2) is 6.82. The zero-order valence-electron chi connectivity index (χ0n) is 9.15. The third-order valence-corrected chi connectivity index (χ3v) is 2.08. The average molecular weight is 258 g/mol. The van der Waals surface area contributed by atoms with E-state index in [0.717, 1.165) is 0 Å². The summed E-state index contributed by atoms with van der Waals surface area (Å²) in [6.45, 7) is 0.830. The first-order valence-electron chi connectivity index (χ1n) is 3.38. The summed E-state index contributed by atoms with van der Waals surface area (Å²) in [5, 5.41) is 0.